The molecule has 2 fully saturated rings. The van der Waals surface area contributed by atoms with Crippen LogP contribution >= 0.6 is 0 Å². The number of aromatic nitrogens is 2. The van der Waals surface area contributed by atoms with Crippen LogP contribution in [0.15, 0.2) is 81.8 Å². The third-order valence-electron chi connectivity index (χ3n) is 12.9. The van der Waals surface area contributed by atoms with Crippen molar-refractivity contribution in [3.63, 3.8) is 0 Å². The molecular formula is C49H50F8N4O7. The van der Waals surface area contributed by atoms with Crippen molar-refractivity contribution in [2.75, 3.05) is 66.7 Å². The molecule has 0 N–H and O–H groups in total. The molecule has 2 saturated heterocycles. The van der Waals surface area contributed by atoms with Gasteiger partial charge < -0.3 is 37.8 Å². The van der Waals surface area contributed by atoms with Gasteiger partial charge in [-0.25, -0.2) is 8.78 Å². The number of methoxy groups -OCH3 is 2. The highest BCUT2D eigenvalue weighted by Crippen LogP contribution is 2.47. The second kappa shape index (κ2) is 20.7. The molecule has 0 bridgehead atoms. The number of halogens is 8. The van der Waals surface area contributed by atoms with Crippen LogP contribution in [0.1, 0.15) is 84.7 Å². The molecule has 2 aromatic heterocycles. The molecule has 4 aromatic carbocycles. The molecule has 2 unspecified atom stereocenters. The molecule has 2 aliphatic heterocycles. The fraction of sp³-hybridized carbons (Fsp3) is 0.449. The molecule has 6 aromatic rings. The quantitative estimate of drug-likeness (QED) is 0.0606. The summed E-state index contributed by atoms with van der Waals surface area (Å²) in [5, 5.41) is 9.94. The summed E-state index contributed by atoms with van der Waals surface area (Å²) in [5.41, 5.74) is 0.916. The van der Waals surface area contributed by atoms with Crippen molar-refractivity contribution in [2.24, 2.45) is 0 Å². The lowest BCUT2D eigenvalue weighted by molar-refractivity contribution is -0.183. The average molecular weight is 959 g/mol. The monoisotopic (exact) mass is 958 g/mol. The number of hydrogen-bond donors (Lipinski definition) is 0. The molecule has 0 radical (unpaired) electrons. The summed E-state index contributed by atoms with van der Waals surface area (Å²) in [6.07, 6.45) is -6.52. The number of likely N-dealkylation sites (tertiary alicyclic amines) is 2. The molecule has 8 rings (SSSR count). The highest BCUT2D eigenvalue weighted by Gasteiger charge is 2.55. The van der Waals surface area contributed by atoms with E-state index in [9.17, 15) is 39.9 Å². The van der Waals surface area contributed by atoms with Crippen LogP contribution < -0.4 is 18.9 Å². The molecule has 11 nitrogen and oxygen atoms in total. The number of ether oxygens (including phenoxy) is 4. The fourth-order valence-corrected chi connectivity index (χ4v) is 9.41. The van der Waals surface area contributed by atoms with E-state index in [1.807, 2.05) is 0 Å². The number of piperidine rings is 2. The van der Waals surface area contributed by atoms with E-state index in [-0.39, 0.29) is 48.0 Å². The first-order valence-corrected chi connectivity index (χ1v) is 22.4. The van der Waals surface area contributed by atoms with E-state index in [0.29, 0.717) is 37.1 Å². The van der Waals surface area contributed by atoms with Crippen LogP contribution in [-0.2, 0) is 4.79 Å². The van der Waals surface area contributed by atoms with Crippen LogP contribution in [0.5, 0.6) is 23.0 Å². The number of rotatable bonds is 18. The zero-order valence-corrected chi connectivity index (χ0v) is 37.3. The van der Waals surface area contributed by atoms with Gasteiger partial charge >= 0.3 is 12.4 Å². The number of benzene rings is 4. The highest BCUT2D eigenvalue weighted by atomic mass is 19.4. The van der Waals surface area contributed by atoms with Gasteiger partial charge in [0, 0.05) is 47.8 Å². The Balaban J connectivity index is 0.848. The zero-order chi connectivity index (χ0) is 48.2. The Morgan fingerprint density at radius 1 is 0.603 bits per heavy atom. The van der Waals surface area contributed by atoms with Crippen molar-refractivity contribution < 1.29 is 67.9 Å². The minimum atomic E-state index is -5.41. The van der Waals surface area contributed by atoms with Crippen LogP contribution in [0.2, 0.25) is 0 Å². The van der Waals surface area contributed by atoms with Crippen molar-refractivity contribution in [2.45, 2.75) is 74.5 Å². The maximum atomic E-state index is 14.8. The van der Waals surface area contributed by atoms with Crippen LogP contribution in [0.3, 0.4) is 0 Å². The molecule has 0 saturated carbocycles. The largest absolute Gasteiger partial charge is 0.493 e. The standard InChI is InChI=1S/C49H50F8N4O7/c1-63-41-25-31(5-11-37(41)65-23-3-17-60-19-13-29(14-20-60)45-35-9-7-33(50)27-39(35)67-58-45)43(48(52,53)54)47(62)44(49(55,56)57)32-6-12-38(42(26-32)64-2)66-24-4-18-61-21-15-30(16-22-61)46-36-10-8-34(51)28-40(36)68-59-46/h5-12,25-30,43-44H,3-4,13-24H2,1-2H3. The Kier molecular flexibility index (Phi) is 14.8. The van der Waals surface area contributed by atoms with Gasteiger partial charge in [0.05, 0.1) is 38.8 Å². The Hall–Kier alpha value is -5.95. The van der Waals surface area contributed by atoms with Crippen molar-refractivity contribution in [3.8, 4) is 23.0 Å². The summed E-state index contributed by atoms with van der Waals surface area (Å²) in [4.78, 5) is 18.2. The van der Waals surface area contributed by atoms with Crippen molar-refractivity contribution in [1.82, 2.24) is 20.1 Å². The number of carbonyl (C=O) groups is 1. The number of hydrogen-bond acceptors (Lipinski definition) is 11. The van der Waals surface area contributed by atoms with Gasteiger partial charge in [0.25, 0.3) is 0 Å². The van der Waals surface area contributed by atoms with E-state index in [2.05, 4.69) is 20.1 Å². The molecule has 2 aliphatic rings. The molecule has 2 atom stereocenters. The van der Waals surface area contributed by atoms with Gasteiger partial charge in [0.2, 0.25) is 0 Å². The summed E-state index contributed by atoms with van der Waals surface area (Å²) >= 11 is 0. The van der Waals surface area contributed by atoms with E-state index >= 15 is 0 Å². The second-order valence-corrected chi connectivity index (χ2v) is 17.2. The SMILES string of the molecule is COc1cc(C(C(=O)C(c2ccc(OCCCN3CCC(c4noc5cc(F)ccc45)CC3)c(OC)c2)C(F)(F)F)C(F)(F)F)ccc1OCCCN1CCC(c2noc3cc(F)ccc23)CC1. The molecule has 0 spiro atoms. The first-order chi connectivity index (χ1) is 32.6. The smallest absolute Gasteiger partial charge is 0.402 e. The lowest BCUT2D eigenvalue weighted by Gasteiger charge is -2.31. The number of carbonyl (C=O) groups excluding carboxylic acids is 1. The van der Waals surface area contributed by atoms with Gasteiger partial charge in [-0.1, -0.05) is 22.4 Å². The van der Waals surface area contributed by atoms with E-state index in [1.54, 1.807) is 12.1 Å². The number of ketones is 1. The Morgan fingerprint density at radius 2 is 1.00 bits per heavy atom. The van der Waals surface area contributed by atoms with Gasteiger partial charge in [-0.15, -0.1) is 0 Å². The van der Waals surface area contributed by atoms with Crippen LogP contribution in [0.4, 0.5) is 35.1 Å². The number of nitrogens with zero attached hydrogens (tertiary/aromatic N) is 4. The number of alkyl halides is 6. The normalized spacial score (nSPS) is 16.9. The van der Waals surface area contributed by atoms with E-state index in [4.69, 9.17) is 28.0 Å². The Morgan fingerprint density at radius 3 is 1.37 bits per heavy atom. The van der Waals surface area contributed by atoms with Gasteiger partial charge in [-0.2, -0.15) is 26.3 Å². The van der Waals surface area contributed by atoms with Crippen molar-refractivity contribution >= 4 is 27.7 Å². The molecular weight excluding hydrogens is 909 g/mol. The van der Waals surface area contributed by atoms with Crippen LogP contribution in [0.25, 0.3) is 21.9 Å². The van der Waals surface area contributed by atoms with E-state index in [0.717, 1.165) is 110 Å². The summed E-state index contributed by atoms with van der Waals surface area (Å²) in [6, 6.07) is 14.6. The van der Waals surface area contributed by atoms with Crippen molar-refractivity contribution in [3.05, 3.63) is 107 Å². The van der Waals surface area contributed by atoms with Gasteiger partial charge in [0.1, 0.15) is 23.5 Å². The maximum Gasteiger partial charge on any atom is 0.402 e. The molecule has 364 valence electrons. The molecule has 19 heteroatoms. The lowest BCUT2D eigenvalue weighted by Crippen LogP contribution is -2.38. The second-order valence-electron chi connectivity index (χ2n) is 17.2. The first-order valence-electron chi connectivity index (χ1n) is 22.4. The summed E-state index contributed by atoms with van der Waals surface area (Å²) in [7, 11) is 2.36. The lowest BCUT2D eigenvalue weighted by atomic mass is 9.82. The Bertz CT molecular complexity index is 2490. The molecule has 4 heterocycles. The Labute approximate surface area is 386 Å². The van der Waals surface area contributed by atoms with Crippen LogP contribution in [0, 0.1) is 11.6 Å². The fourth-order valence-electron chi connectivity index (χ4n) is 9.41. The van der Waals surface area contributed by atoms with Gasteiger partial charge in [-0.3, -0.25) is 4.79 Å². The average Bonchev–Trinajstić information content (AvgIpc) is 3.93. The zero-order valence-electron chi connectivity index (χ0n) is 37.3. The molecule has 0 aliphatic carbocycles. The topological polar surface area (TPSA) is 113 Å². The highest BCUT2D eigenvalue weighted by molar-refractivity contribution is 5.93. The predicted octanol–water partition coefficient (Wildman–Crippen LogP) is 11.1. The molecule has 68 heavy (non-hydrogen) atoms. The summed E-state index contributed by atoms with van der Waals surface area (Å²) in [6.45, 7) is 4.64. The van der Waals surface area contributed by atoms with Crippen LogP contribution in [-0.4, -0.2) is 105 Å². The van der Waals surface area contributed by atoms with Crippen molar-refractivity contribution in [1.29, 1.82) is 0 Å². The number of fused-ring (bicyclic) bond motifs is 2. The minimum absolute atomic E-state index is 0.0615. The predicted molar refractivity (Wildman–Crippen MR) is 234 cm³/mol. The van der Waals surface area contributed by atoms with E-state index < -0.39 is 52.7 Å². The maximum absolute atomic E-state index is 14.8. The van der Waals surface area contributed by atoms with Gasteiger partial charge in [-0.05, 0) is 124 Å². The minimum Gasteiger partial charge on any atom is -0.493 e. The van der Waals surface area contributed by atoms with Gasteiger partial charge in [0.15, 0.2) is 39.9 Å². The first kappa shape index (κ1) is 48.5. The summed E-state index contributed by atoms with van der Waals surface area (Å²) < 4.78 is 149. The third-order valence-corrected chi connectivity index (χ3v) is 12.9. The molecule has 0 amide bonds. The van der Waals surface area contributed by atoms with E-state index in [1.165, 1.54) is 38.5 Å². The number of Topliss-reactive ketones (excluding diaryl/α,β-unsaturated/α-hetero) is 1. The summed E-state index contributed by atoms with van der Waals surface area (Å²) in [5.74, 6) is -9.20. The third kappa shape index (κ3) is 11.0.